The number of nitrogens with two attached hydrogens (primary N) is 1. The van der Waals surface area contributed by atoms with Crippen LogP contribution in [-0.4, -0.2) is 48.0 Å². The summed E-state index contributed by atoms with van der Waals surface area (Å²) in [6, 6.07) is 12.9. The quantitative estimate of drug-likeness (QED) is 0.424. The molecule has 0 spiro atoms. The molecule has 0 bridgehead atoms. The molecule has 4 heterocycles. The maximum atomic E-state index is 13.4. The standard InChI is InChI=1S/C27H34N6O4S.2H2/c1-17(2)16-37-23-10-6-8-20(29-23)21-13-12-19(25(30-21)33-15-18(3)14-27(33,4)5)26(34)32-38(35,36)24-11-7-9-22(28)31-24;;/h6-13,17-18H,14-16H2,1-5H3,(H2,28,31)(H,32,34);2*1H. The lowest BCUT2D eigenvalue weighted by atomic mass is 9.97. The van der Waals surface area contributed by atoms with Crippen molar-refractivity contribution in [3.05, 3.63) is 54.1 Å². The summed E-state index contributed by atoms with van der Waals surface area (Å²) in [7, 11) is -4.26. The molecule has 1 atom stereocenters. The summed E-state index contributed by atoms with van der Waals surface area (Å²) in [5.74, 6) is 0.809. The summed E-state index contributed by atoms with van der Waals surface area (Å²) >= 11 is 0. The van der Waals surface area contributed by atoms with Crippen LogP contribution < -0.4 is 20.1 Å². The van der Waals surface area contributed by atoms with E-state index in [1.807, 2.05) is 12.1 Å². The van der Waals surface area contributed by atoms with Gasteiger partial charge in [0.1, 0.15) is 11.6 Å². The van der Waals surface area contributed by atoms with Crippen molar-refractivity contribution in [2.45, 2.75) is 51.6 Å². The van der Waals surface area contributed by atoms with Crippen LogP contribution in [0, 0.1) is 11.8 Å². The van der Waals surface area contributed by atoms with Gasteiger partial charge < -0.3 is 15.4 Å². The van der Waals surface area contributed by atoms with Crippen LogP contribution in [0.2, 0.25) is 0 Å². The van der Waals surface area contributed by atoms with Crippen molar-refractivity contribution in [2.24, 2.45) is 11.8 Å². The molecule has 3 aromatic rings. The second-order valence-electron chi connectivity index (χ2n) is 10.7. The summed E-state index contributed by atoms with van der Waals surface area (Å²) in [5.41, 5.74) is 6.60. The highest BCUT2D eigenvalue weighted by molar-refractivity contribution is 7.90. The normalized spacial score (nSPS) is 17.0. The van der Waals surface area contributed by atoms with E-state index in [-0.39, 0.29) is 24.8 Å². The number of pyridine rings is 3. The molecule has 1 fully saturated rings. The van der Waals surface area contributed by atoms with Gasteiger partial charge in [-0.15, -0.1) is 0 Å². The van der Waals surface area contributed by atoms with E-state index in [2.05, 4.69) is 54.2 Å². The first kappa shape index (κ1) is 27.3. The Hall–Kier alpha value is -3.73. The van der Waals surface area contributed by atoms with Crippen LogP contribution in [-0.2, 0) is 10.0 Å². The monoisotopic (exact) mass is 542 g/mol. The highest BCUT2D eigenvalue weighted by Crippen LogP contribution is 2.38. The first-order valence-electron chi connectivity index (χ1n) is 12.5. The molecule has 206 valence electrons. The number of carbonyl (C=O) groups is 1. The Morgan fingerprint density at radius 3 is 2.50 bits per heavy atom. The van der Waals surface area contributed by atoms with E-state index in [0.29, 0.717) is 48.1 Å². The number of ether oxygens (including phenoxy) is 1. The first-order chi connectivity index (χ1) is 17.9. The maximum absolute atomic E-state index is 13.4. The van der Waals surface area contributed by atoms with E-state index in [1.165, 1.54) is 18.2 Å². The molecule has 3 N–H and O–H groups in total. The number of anilines is 2. The van der Waals surface area contributed by atoms with Gasteiger partial charge in [0.25, 0.3) is 15.9 Å². The maximum Gasteiger partial charge on any atom is 0.281 e. The fraction of sp³-hybridized carbons (Fsp3) is 0.407. The van der Waals surface area contributed by atoms with Crippen molar-refractivity contribution in [1.29, 1.82) is 0 Å². The van der Waals surface area contributed by atoms with Gasteiger partial charge in [0, 0.05) is 21.0 Å². The fourth-order valence-electron chi connectivity index (χ4n) is 4.63. The van der Waals surface area contributed by atoms with E-state index < -0.39 is 15.9 Å². The smallest absolute Gasteiger partial charge is 0.281 e. The van der Waals surface area contributed by atoms with Crippen LogP contribution >= 0.6 is 0 Å². The number of nitrogen functional groups attached to an aromatic ring is 1. The van der Waals surface area contributed by atoms with Crippen LogP contribution in [0.1, 0.15) is 54.3 Å². The predicted octanol–water partition coefficient (Wildman–Crippen LogP) is 4.39. The molecular formula is C27H38N6O4S. The van der Waals surface area contributed by atoms with Crippen molar-refractivity contribution in [3.63, 3.8) is 0 Å². The van der Waals surface area contributed by atoms with E-state index in [4.69, 9.17) is 15.5 Å². The first-order valence-corrected chi connectivity index (χ1v) is 14.0. The van der Waals surface area contributed by atoms with Crippen molar-refractivity contribution in [3.8, 4) is 17.3 Å². The third-order valence-electron chi connectivity index (χ3n) is 6.25. The number of hydrogen-bond acceptors (Lipinski definition) is 9. The molecule has 1 saturated heterocycles. The topological polar surface area (TPSA) is 140 Å². The Labute approximate surface area is 226 Å². The van der Waals surface area contributed by atoms with Gasteiger partial charge in [0.15, 0.2) is 5.03 Å². The number of rotatable bonds is 8. The predicted molar refractivity (Wildman–Crippen MR) is 151 cm³/mol. The number of carbonyl (C=O) groups excluding carboxylic acids is 1. The van der Waals surface area contributed by atoms with Gasteiger partial charge in [-0.1, -0.05) is 32.9 Å². The van der Waals surface area contributed by atoms with Crippen molar-refractivity contribution >= 4 is 27.6 Å². The van der Waals surface area contributed by atoms with Gasteiger partial charge in [-0.05, 0) is 62.4 Å². The molecule has 38 heavy (non-hydrogen) atoms. The third kappa shape index (κ3) is 6.04. The minimum atomic E-state index is -4.26. The molecule has 4 rings (SSSR count). The molecule has 11 heteroatoms. The Bertz CT molecular complexity index is 1450. The van der Waals surface area contributed by atoms with Crippen LogP contribution in [0.4, 0.5) is 11.6 Å². The lowest BCUT2D eigenvalue weighted by Gasteiger charge is -2.34. The Kier molecular flexibility index (Phi) is 7.59. The zero-order valence-corrected chi connectivity index (χ0v) is 23.1. The van der Waals surface area contributed by atoms with E-state index >= 15 is 0 Å². The number of aromatic nitrogens is 3. The van der Waals surface area contributed by atoms with Crippen molar-refractivity contribution < 1.29 is 20.8 Å². The molecule has 0 radical (unpaired) electrons. The number of nitrogens with zero attached hydrogens (tertiary/aromatic N) is 4. The van der Waals surface area contributed by atoms with Crippen molar-refractivity contribution in [1.82, 2.24) is 19.7 Å². The van der Waals surface area contributed by atoms with E-state index in [9.17, 15) is 13.2 Å². The average molecular weight is 543 g/mol. The van der Waals surface area contributed by atoms with Crippen molar-refractivity contribution in [2.75, 3.05) is 23.8 Å². The summed E-state index contributed by atoms with van der Waals surface area (Å²) < 4.78 is 33.7. The number of amides is 1. The zero-order chi connectivity index (χ0) is 27.7. The Morgan fingerprint density at radius 1 is 1.13 bits per heavy atom. The molecular weight excluding hydrogens is 504 g/mol. The highest BCUT2D eigenvalue weighted by atomic mass is 32.2. The second-order valence-corrected chi connectivity index (χ2v) is 12.3. The van der Waals surface area contributed by atoms with Crippen LogP contribution in [0.15, 0.2) is 53.6 Å². The number of nitrogens with one attached hydrogen (secondary N) is 1. The summed E-state index contributed by atoms with van der Waals surface area (Å²) in [6.45, 7) is 11.6. The van der Waals surface area contributed by atoms with E-state index in [1.54, 1.807) is 18.2 Å². The van der Waals surface area contributed by atoms with Crippen LogP contribution in [0.5, 0.6) is 5.88 Å². The van der Waals surface area contributed by atoms with Crippen LogP contribution in [0.3, 0.4) is 0 Å². The Morgan fingerprint density at radius 2 is 1.84 bits per heavy atom. The van der Waals surface area contributed by atoms with Gasteiger partial charge >= 0.3 is 0 Å². The molecule has 10 nitrogen and oxygen atoms in total. The third-order valence-corrected chi connectivity index (χ3v) is 7.48. The lowest BCUT2D eigenvalue weighted by Crippen LogP contribution is -2.41. The zero-order valence-electron chi connectivity index (χ0n) is 22.3. The summed E-state index contributed by atoms with van der Waals surface area (Å²) in [4.78, 5) is 28.7. The molecule has 0 aromatic carbocycles. The molecule has 1 unspecified atom stereocenters. The van der Waals surface area contributed by atoms with Crippen LogP contribution in [0.25, 0.3) is 11.4 Å². The molecule has 3 aromatic heterocycles. The lowest BCUT2D eigenvalue weighted by molar-refractivity contribution is 0.0981. The summed E-state index contributed by atoms with van der Waals surface area (Å²) in [5, 5.41) is -0.338. The average Bonchev–Trinajstić information content (AvgIpc) is 3.13. The van der Waals surface area contributed by atoms with Gasteiger partial charge in [-0.2, -0.15) is 8.42 Å². The fourth-order valence-corrected chi connectivity index (χ4v) is 5.58. The largest absolute Gasteiger partial charge is 0.477 e. The van der Waals surface area contributed by atoms with E-state index in [0.717, 1.165) is 6.42 Å². The Balaban J connectivity index is 0.00000280. The minimum Gasteiger partial charge on any atom is -0.477 e. The summed E-state index contributed by atoms with van der Waals surface area (Å²) in [6.07, 6.45) is 0.891. The highest BCUT2D eigenvalue weighted by Gasteiger charge is 2.39. The molecule has 1 aliphatic heterocycles. The molecule has 0 saturated carbocycles. The van der Waals surface area contributed by atoms with Gasteiger partial charge in [0.05, 0.1) is 23.6 Å². The second kappa shape index (κ2) is 10.6. The van der Waals surface area contributed by atoms with Gasteiger partial charge in [-0.25, -0.2) is 19.7 Å². The molecule has 1 aliphatic rings. The SMILES string of the molecule is CC(C)COc1cccc(-c2ccc(C(=O)NS(=O)(=O)c3cccc(N)n3)c(N3CC(C)CC3(C)C)n2)n1.[HH].[HH]. The number of sulfonamides is 1. The minimum absolute atomic E-state index is 0. The molecule has 1 amide bonds. The molecule has 0 aliphatic carbocycles. The number of hydrogen-bond donors (Lipinski definition) is 2. The van der Waals surface area contributed by atoms with Gasteiger partial charge in [0.2, 0.25) is 5.88 Å². The van der Waals surface area contributed by atoms with Gasteiger partial charge in [-0.3, -0.25) is 4.79 Å².